The van der Waals surface area contributed by atoms with Crippen LogP contribution in [-0.2, 0) is 6.42 Å². The maximum Gasteiger partial charge on any atom is 0.223 e. The van der Waals surface area contributed by atoms with Crippen LogP contribution in [0.25, 0.3) is 0 Å². The standard InChI is InChI=1S/C9H13N5O/c1-10-8-12-9(14-13-8)11-4-2-7-3-5-15-6-7/h3,5-6H,2,4H2,1H3,(H3,10,11,12,13,14). The molecule has 2 aromatic heterocycles. The summed E-state index contributed by atoms with van der Waals surface area (Å²) >= 11 is 0. The van der Waals surface area contributed by atoms with Gasteiger partial charge in [-0.05, 0) is 18.1 Å². The molecule has 80 valence electrons. The number of aromatic amines is 1. The van der Waals surface area contributed by atoms with E-state index >= 15 is 0 Å². The first-order chi connectivity index (χ1) is 7.38. The van der Waals surface area contributed by atoms with E-state index in [1.165, 1.54) is 0 Å². The topological polar surface area (TPSA) is 78.8 Å². The molecule has 6 nitrogen and oxygen atoms in total. The fourth-order valence-electron chi connectivity index (χ4n) is 1.21. The summed E-state index contributed by atoms with van der Waals surface area (Å²) in [4.78, 5) is 2.98. The molecule has 0 bridgehead atoms. The first-order valence-corrected chi connectivity index (χ1v) is 4.74. The van der Waals surface area contributed by atoms with Gasteiger partial charge in [-0.1, -0.05) is 0 Å². The summed E-state index contributed by atoms with van der Waals surface area (Å²) in [7, 11) is 1.79. The second-order valence-corrected chi connectivity index (χ2v) is 3.08. The Hall–Kier alpha value is -1.98. The van der Waals surface area contributed by atoms with Crippen molar-refractivity contribution in [3.63, 3.8) is 0 Å². The molecule has 0 radical (unpaired) electrons. The van der Waals surface area contributed by atoms with E-state index in [1.54, 1.807) is 19.6 Å². The monoisotopic (exact) mass is 207 g/mol. The predicted molar refractivity (Wildman–Crippen MR) is 56.8 cm³/mol. The number of nitrogens with zero attached hydrogens (tertiary/aromatic N) is 2. The van der Waals surface area contributed by atoms with E-state index in [0.717, 1.165) is 18.5 Å². The third kappa shape index (κ3) is 2.49. The van der Waals surface area contributed by atoms with Gasteiger partial charge in [0.25, 0.3) is 0 Å². The van der Waals surface area contributed by atoms with Crippen LogP contribution < -0.4 is 10.6 Å². The average Bonchev–Trinajstić information content (AvgIpc) is 2.88. The van der Waals surface area contributed by atoms with Crippen molar-refractivity contribution in [3.05, 3.63) is 24.2 Å². The van der Waals surface area contributed by atoms with Crippen molar-refractivity contribution in [1.29, 1.82) is 0 Å². The van der Waals surface area contributed by atoms with Crippen molar-refractivity contribution < 1.29 is 4.42 Å². The summed E-state index contributed by atoms with van der Waals surface area (Å²) in [6.45, 7) is 0.790. The molecule has 0 spiro atoms. The van der Waals surface area contributed by atoms with Gasteiger partial charge >= 0.3 is 0 Å². The van der Waals surface area contributed by atoms with E-state index in [4.69, 9.17) is 4.42 Å². The van der Waals surface area contributed by atoms with E-state index in [-0.39, 0.29) is 0 Å². The van der Waals surface area contributed by atoms with Crippen molar-refractivity contribution in [2.24, 2.45) is 0 Å². The van der Waals surface area contributed by atoms with E-state index < -0.39 is 0 Å². The van der Waals surface area contributed by atoms with Crippen LogP contribution in [0.3, 0.4) is 0 Å². The number of hydrogen-bond acceptors (Lipinski definition) is 5. The van der Waals surface area contributed by atoms with Crippen molar-refractivity contribution in [2.75, 3.05) is 24.2 Å². The fraction of sp³-hybridized carbons (Fsp3) is 0.333. The van der Waals surface area contributed by atoms with Gasteiger partial charge in [-0.25, -0.2) is 0 Å². The molecule has 0 amide bonds. The molecule has 2 rings (SSSR count). The Kier molecular flexibility index (Phi) is 2.87. The zero-order valence-corrected chi connectivity index (χ0v) is 8.45. The summed E-state index contributed by atoms with van der Waals surface area (Å²) in [6.07, 6.45) is 4.30. The van der Waals surface area contributed by atoms with Crippen LogP contribution in [0.4, 0.5) is 11.9 Å². The van der Waals surface area contributed by atoms with Gasteiger partial charge in [0.05, 0.1) is 12.5 Å². The highest BCUT2D eigenvalue weighted by atomic mass is 16.3. The molecule has 2 heterocycles. The zero-order valence-electron chi connectivity index (χ0n) is 8.45. The third-order valence-corrected chi connectivity index (χ3v) is 2.01. The molecule has 0 aromatic carbocycles. The molecular formula is C9H13N5O. The summed E-state index contributed by atoms with van der Waals surface area (Å²) in [5.41, 5.74) is 1.16. The molecule has 3 N–H and O–H groups in total. The Morgan fingerprint density at radius 3 is 2.93 bits per heavy atom. The Morgan fingerprint density at radius 1 is 1.40 bits per heavy atom. The first-order valence-electron chi connectivity index (χ1n) is 4.74. The quantitative estimate of drug-likeness (QED) is 0.684. The van der Waals surface area contributed by atoms with Gasteiger partial charge < -0.3 is 15.1 Å². The number of nitrogens with one attached hydrogen (secondary N) is 3. The summed E-state index contributed by atoms with van der Waals surface area (Å²) in [5.74, 6) is 1.32. The van der Waals surface area contributed by atoms with E-state index in [9.17, 15) is 0 Å². The Bertz CT molecular complexity index is 394. The van der Waals surface area contributed by atoms with Crippen molar-refractivity contribution in [1.82, 2.24) is 15.2 Å². The number of aromatic nitrogens is 3. The number of anilines is 2. The number of rotatable bonds is 5. The van der Waals surface area contributed by atoms with Gasteiger partial charge in [0.2, 0.25) is 11.9 Å². The van der Waals surface area contributed by atoms with Crippen LogP contribution in [0, 0.1) is 0 Å². The minimum absolute atomic E-state index is 0.654. The van der Waals surface area contributed by atoms with Crippen molar-refractivity contribution in [3.8, 4) is 0 Å². The molecule has 0 aliphatic carbocycles. The van der Waals surface area contributed by atoms with Gasteiger partial charge in [0, 0.05) is 13.6 Å². The maximum absolute atomic E-state index is 4.97. The minimum Gasteiger partial charge on any atom is -0.472 e. The summed E-state index contributed by atoms with van der Waals surface area (Å²) < 4.78 is 4.97. The van der Waals surface area contributed by atoms with Crippen molar-refractivity contribution in [2.45, 2.75) is 6.42 Å². The predicted octanol–water partition coefficient (Wildman–Crippen LogP) is 1.09. The molecule has 2 aromatic rings. The number of furan rings is 1. The SMILES string of the molecule is CNc1nnc(NCCc2ccoc2)[nH]1. The Balaban J connectivity index is 1.78. The van der Waals surface area contributed by atoms with E-state index in [2.05, 4.69) is 25.8 Å². The lowest BCUT2D eigenvalue weighted by Gasteiger charge is -1.99. The lowest BCUT2D eigenvalue weighted by molar-refractivity contribution is 0.564. The summed E-state index contributed by atoms with van der Waals surface area (Å²) in [6, 6.07) is 1.95. The zero-order chi connectivity index (χ0) is 10.5. The van der Waals surface area contributed by atoms with Gasteiger partial charge in [0.1, 0.15) is 0 Å². The summed E-state index contributed by atoms with van der Waals surface area (Å²) in [5, 5.41) is 13.7. The van der Waals surface area contributed by atoms with Crippen LogP contribution in [-0.4, -0.2) is 28.8 Å². The fourth-order valence-corrected chi connectivity index (χ4v) is 1.21. The van der Waals surface area contributed by atoms with Gasteiger partial charge in [-0.3, -0.25) is 4.98 Å². The first kappa shape index (κ1) is 9.57. The Morgan fingerprint density at radius 2 is 2.27 bits per heavy atom. The molecule has 0 fully saturated rings. The second kappa shape index (κ2) is 4.50. The average molecular weight is 207 g/mol. The minimum atomic E-state index is 0.654. The van der Waals surface area contributed by atoms with Crippen molar-refractivity contribution >= 4 is 11.9 Å². The van der Waals surface area contributed by atoms with Crippen LogP contribution in [0.15, 0.2) is 23.0 Å². The van der Waals surface area contributed by atoms with Gasteiger partial charge in [0.15, 0.2) is 0 Å². The van der Waals surface area contributed by atoms with Gasteiger partial charge in [-0.2, -0.15) is 0 Å². The Labute approximate surface area is 87.1 Å². The highest BCUT2D eigenvalue weighted by molar-refractivity contribution is 5.32. The van der Waals surface area contributed by atoms with Gasteiger partial charge in [-0.15, -0.1) is 10.2 Å². The van der Waals surface area contributed by atoms with Crippen LogP contribution in [0.2, 0.25) is 0 Å². The van der Waals surface area contributed by atoms with Crippen LogP contribution in [0.1, 0.15) is 5.56 Å². The van der Waals surface area contributed by atoms with Crippen LogP contribution in [0.5, 0.6) is 0 Å². The highest BCUT2D eigenvalue weighted by Crippen LogP contribution is 2.04. The largest absolute Gasteiger partial charge is 0.472 e. The molecule has 0 aliphatic rings. The number of H-pyrrole nitrogens is 1. The third-order valence-electron chi connectivity index (χ3n) is 2.01. The second-order valence-electron chi connectivity index (χ2n) is 3.08. The molecule has 0 saturated heterocycles. The molecule has 6 heteroatoms. The lowest BCUT2D eigenvalue weighted by Crippen LogP contribution is -2.05. The molecular weight excluding hydrogens is 194 g/mol. The highest BCUT2D eigenvalue weighted by Gasteiger charge is 1.99. The molecule has 0 saturated carbocycles. The van der Waals surface area contributed by atoms with E-state index in [0.29, 0.717) is 11.9 Å². The van der Waals surface area contributed by atoms with Crippen LogP contribution >= 0.6 is 0 Å². The smallest absolute Gasteiger partial charge is 0.223 e. The normalized spacial score (nSPS) is 10.2. The molecule has 15 heavy (non-hydrogen) atoms. The molecule has 0 atom stereocenters. The molecule has 0 unspecified atom stereocenters. The molecule has 0 aliphatic heterocycles. The lowest BCUT2D eigenvalue weighted by atomic mass is 10.2. The maximum atomic E-state index is 4.97. The van der Waals surface area contributed by atoms with E-state index in [1.807, 2.05) is 6.07 Å². The number of hydrogen-bond donors (Lipinski definition) is 3.